The lowest BCUT2D eigenvalue weighted by molar-refractivity contribution is 0.379. The summed E-state index contributed by atoms with van der Waals surface area (Å²) in [5.74, 6) is 0.839. The molecule has 19 heavy (non-hydrogen) atoms. The van der Waals surface area contributed by atoms with Crippen LogP contribution in [-0.2, 0) is 0 Å². The molecule has 0 amide bonds. The normalized spacial score (nSPS) is 10.4. The van der Waals surface area contributed by atoms with E-state index >= 15 is 0 Å². The fourth-order valence-electron chi connectivity index (χ4n) is 2.19. The number of methoxy groups -OCH3 is 2. The van der Waals surface area contributed by atoms with Crippen molar-refractivity contribution in [3.63, 3.8) is 0 Å². The number of hydrogen-bond acceptors (Lipinski definition) is 4. The Morgan fingerprint density at radius 3 is 2.26 bits per heavy atom. The van der Waals surface area contributed by atoms with E-state index in [0.29, 0.717) is 6.01 Å². The Bertz CT molecular complexity index is 609. The predicted molar refractivity (Wildman–Crippen MR) is 74.8 cm³/mol. The van der Waals surface area contributed by atoms with Crippen LogP contribution in [0.25, 0.3) is 11.3 Å². The summed E-state index contributed by atoms with van der Waals surface area (Å²) in [5.41, 5.74) is 4.90. The molecule has 0 bridgehead atoms. The maximum Gasteiger partial charge on any atom is 0.316 e. The van der Waals surface area contributed by atoms with Crippen LogP contribution < -0.4 is 9.47 Å². The molecule has 4 nitrogen and oxygen atoms in total. The zero-order valence-electron chi connectivity index (χ0n) is 11.9. The summed E-state index contributed by atoms with van der Waals surface area (Å²) in [4.78, 5) is 8.60. The van der Waals surface area contributed by atoms with Crippen LogP contribution in [0.15, 0.2) is 18.2 Å². The van der Waals surface area contributed by atoms with Gasteiger partial charge in [-0.25, -0.2) is 4.98 Å². The van der Waals surface area contributed by atoms with Gasteiger partial charge in [-0.05, 0) is 44.0 Å². The molecule has 1 aromatic heterocycles. The third-order valence-corrected chi connectivity index (χ3v) is 2.92. The summed E-state index contributed by atoms with van der Waals surface area (Å²) in [6.07, 6.45) is 0. The van der Waals surface area contributed by atoms with Gasteiger partial charge >= 0.3 is 6.01 Å². The van der Waals surface area contributed by atoms with Gasteiger partial charge in [0.15, 0.2) is 0 Å². The number of aryl methyl sites for hydroxylation is 3. The first-order valence-corrected chi connectivity index (χ1v) is 6.10. The van der Waals surface area contributed by atoms with Crippen LogP contribution in [-0.4, -0.2) is 24.2 Å². The number of aromatic nitrogens is 2. The third kappa shape index (κ3) is 2.67. The zero-order chi connectivity index (χ0) is 14.0. The van der Waals surface area contributed by atoms with Crippen molar-refractivity contribution in [3.8, 4) is 23.0 Å². The molecule has 0 aliphatic rings. The molecule has 2 aromatic rings. The second kappa shape index (κ2) is 5.26. The maximum atomic E-state index is 5.50. The van der Waals surface area contributed by atoms with Gasteiger partial charge in [0, 0.05) is 11.3 Å². The molecule has 0 unspecified atom stereocenters. The maximum absolute atomic E-state index is 5.50. The molecule has 0 saturated carbocycles. The van der Waals surface area contributed by atoms with E-state index in [1.54, 1.807) is 14.2 Å². The molecular weight excluding hydrogens is 240 g/mol. The minimum absolute atomic E-state index is 0.371. The molecule has 0 radical (unpaired) electrons. The molecule has 0 atom stereocenters. The minimum Gasteiger partial charge on any atom is -0.496 e. The van der Waals surface area contributed by atoms with Gasteiger partial charge in [-0.15, -0.1) is 0 Å². The van der Waals surface area contributed by atoms with Crippen molar-refractivity contribution in [3.05, 3.63) is 35.0 Å². The lowest BCUT2D eigenvalue weighted by Gasteiger charge is -2.13. The van der Waals surface area contributed by atoms with Gasteiger partial charge in [-0.1, -0.05) is 6.07 Å². The number of hydrogen-bond donors (Lipinski definition) is 0. The van der Waals surface area contributed by atoms with Crippen LogP contribution >= 0.6 is 0 Å². The summed E-state index contributed by atoms with van der Waals surface area (Å²) < 4.78 is 10.6. The fourth-order valence-corrected chi connectivity index (χ4v) is 2.19. The third-order valence-electron chi connectivity index (χ3n) is 2.92. The van der Waals surface area contributed by atoms with Crippen molar-refractivity contribution in [1.82, 2.24) is 9.97 Å². The molecule has 0 fully saturated rings. The molecule has 0 saturated heterocycles. The van der Waals surface area contributed by atoms with Crippen molar-refractivity contribution >= 4 is 0 Å². The first-order valence-electron chi connectivity index (χ1n) is 6.10. The van der Waals surface area contributed by atoms with Gasteiger partial charge in [-0.2, -0.15) is 4.98 Å². The Hall–Kier alpha value is -2.10. The van der Waals surface area contributed by atoms with Crippen LogP contribution in [0.2, 0.25) is 0 Å². The summed E-state index contributed by atoms with van der Waals surface area (Å²) in [6.45, 7) is 6.00. The van der Waals surface area contributed by atoms with E-state index in [1.165, 1.54) is 5.56 Å². The molecule has 100 valence electrons. The lowest BCUT2D eigenvalue weighted by atomic mass is 10.0. The largest absolute Gasteiger partial charge is 0.496 e. The highest BCUT2D eigenvalue weighted by Gasteiger charge is 2.13. The number of nitrogens with zero attached hydrogens (tertiary/aromatic N) is 2. The standard InChI is InChI=1S/C15H18N2O2/c1-9-6-10(2)14(18-4)12(7-9)13-8-11(3)16-15(17-13)19-5/h6-8H,1-5H3. The molecule has 0 aliphatic carbocycles. The van der Waals surface area contributed by atoms with Crippen molar-refractivity contribution in [1.29, 1.82) is 0 Å². The van der Waals surface area contributed by atoms with Gasteiger partial charge in [0.2, 0.25) is 0 Å². The second-order valence-corrected chi connectivity index (χ2v) is 4.54. The highest BCUT2D eigenvalue weighted by molar-refractivity contribution is 5.70. The van der Waals surface area contributed by atoms with Crippen molar-refractivity contribution < 1.29 is 9.47 Å². The topological polar surface area (TPSA) is 44.2 Å². The average Bonchev–Trinajstić information content (AvgIpc) is 2.37. The molecule has 0 aliphatic heterocycles. The smallest absolute Gasteiger partial charge is 0.316 e. The van der Waals surface area contributed by atoms with Crippen LogP contribution in [0, 0.1) is 20.8 Å². The quantitative estimate of drug-likeness (QED) is 0.848. The van der Waals surface area contributed by atoms with Gasteiger partial charge in [0.1, 0.15) is 5.75 Å². The number of ether oxygens (including phenoxy) is 2. The van der Waals surface area contributed by atoms with E-state index in [1.807, 2.05) is 19.9 Å². The Morgan fingerprint density at radius 2 is 1.63 bits per heavy atom. The molecule has 4 heteroatoms. The van der Waals surface area contributed by atoms with E-state index in [9.17, 15) is 0 Å². The molecule has 1 aromatic carbocycles. The van der Waals surface area contributed by atoms with Gasteiger partial charge in [-0.3, -0.25) is 0 Å². The lowest BCUT2D eigenvalue weighted by Crippen LogP contribution is -1.99. The first kappa shape index (κ1) is 13.3. The van der Waals surface area contributed by atoms with Crippen LogP contribution in [0.5, 0.6) is 11.8 Å². The summed E-state index contributed by atoms with van der Waals surface area (Å²) in [7, 11) is 3.24. The number of benzene rings is 1. The van der Waals surface area contributed by atoms with Crippen molar-refractivity contribution in [2.75, 3.05) is 14.2 Å². The summed E-state index contributed by atoms with van der Waals surface area (Å²) in [6, 6.07) is 6.45. The SMILES string of the molecule is COc1nc(C)cc(-c2cc(C)cc(C)c2OC)n1. The van der Waals surface area contributed by atoms with E-state index in [2.05, 4.69) is 29.0 Å². The van der Waals surface area contributed by atoms with E-state index in [-0.39, 0.29) is 0 Å². The van der Waals surface area contributed by atoms with Crippen LogP contribution in [0.1, 0.15) is 16.8 Å². The summed E-state index contributed by atoms with van der Waals surface area (Å²) >= 11 is 0. The van der Waals surface area contributed by atoms with Crippen molar-refractivity contribution in [2.45, 2.75) is 20.8 Å². The molecule has 0 spiro atoms. The predicted octanol–water partition coefficient (Wildman–Crippen LogP) is 3.09. The Kier molecular flexibility index (Phi) is 3.69. The van der Waals surface area contributed by atoms with E-state index in [4.69, 9.17) is 9.47 Å². The van der Waals surface area contributed by atoms with Crippen molar-refractivity contribution in [2.24, 2.45) is 0 Å². The van der Waals surface area contributed by atoms with E-state index in [0.717, 1.165) is 28.3 Å². The summed E-state index contributed by atoms with van der Waals surface area (Å²) in [5, 5.41) is 0. The highest BCUT2D eigenvalue weighted by Crippen LogP contribution is 2.33. The fraction of sp³-hybridized carbons (Fsp3) is 0.333. The average molecular weight is 258 g/mol. The Balaban J connectivity index is 2.67. The monoisotopic (exact) mass is 258 g/mol. The van der Waals surface area contributed by atoms with Gasteiger partial charge in [0.05, 0.1) is 19.9 Å². The van der Waals surface area contributed by atoms with Gasteiger partial charge < -0.3 is 9.47 Å². The first-order chi connectivity index (χ1) is 9.05. The zero-order valence-corrected chi connectivity index (χ0v) is 11.9. The van der Waals surface area contributed by atoms with E-state index < -0.39 is 0 Å². The van der Waals surface area contributed by atoms with Gasteiger partial charge in [0.25, 0.3) is 0 Å². The number of rotatable bonds is 3. The van der Waals surface area contributed by atoms with Crippen LogP contribution in [0.4, 0.5) is 0 Å². The minimum atomic E-state index is 0.371. The second-order valence-electron chi connectivity index (χ2n) is 4.54. The molecule has 0 N–H and O–H groups in total. The Labute approximate surface area is 113 Å². The Morgan fingerprint density at radius 1 is 0.895 bits per heavy atom. The molecule has 1 heterocycles. The molecular formula is C15H18N2O2. The highest BCUT2D eigenvalue weighted by atomic mass is 16.5. The molecule has 2 rings (SSSR count). The van der Waals surface area contributed by atoms with Crippen LogP contribution in [0.3, 0.4) is 0 Å².